The molecule has 9 nitrogen and oxygen atoms in total. The minimum absolute atomic E-state index is 0.202. The van der Waals surface area contributed by atoms with Crippen LogP contribution in [-0.2, 0) is 9.53 Å². The van der Waals surface area contributed by atoms with Crippen molar-refractivity contribution in [2.75, 3.05) is 49.1 Å². The molecule has 2 aromatic rings. The minimum Gasteiger partial charge on any atom is -0.442 e. The molecule has 32 heavy (non-hydrogen) atoms. The van der Waals surface area contributed by atoms with Crippen molar-refractivity contribution in [3.05, 3.63) is 41.9 Å². The van der Waals surface area contributed by atoms with Crippen LogP contribution < -0.4 is 15.1 Å². The molecule has 1 N–H and O–H groups in total. The number of anilines is 2. The van der Waals surface area contributed by atoms with E-state index in [0.717, 1.165) is 0 Å². The van der Waals surface area contributed by atoms with E-state index < -0.39 is 18.0 Å². The number of piperazine rings is 1. The number of hydrogen-bond acceptors (Lipinski definition) is 7. The average molecular weight is 462 g/mol. The van der Waals surface area contributed by atoms with Crippen molar-refractivity contribution in [1.82, 2.24) is 15.2 Å². The van der Waals surface area contributed by atoms with Gasteiger partial charge in [0.25, 0.3) is 0 Å². The number of halogens is 1. The molecule has 170 valence electrons. The predicted molar refractivity (Wildman–Crippen MR) is 119 cm³/mol. The number of aryl methyl sites for hydroxylation is 1. The third-order valence-corrected chi connectivity index (χ3v) is 5.89. The standard InChI is InChI=1S/C21H24FN5O4S/c1-13(28)23-10-16-12-27(21(29)31-16)15-3-4-18(17(22)9-15)25-5-7-26(8-6-25)20(32)19-11-24-14(2)30-19/h3-4,9,11,16H,5-8,10,12H2,1-2H3,(H,23,28). The van der Waals surface area contributed by atoms with E-state index in [2.05, 4.69) is 10.3 Å². The Hall–Kier alpha value is -3.21. The summed E-state index contributed by atoms with van der Waals surface area (Å²) in [6, 6.07) is 4.72. The van der Waals surface area contributed by atoms with Gasteiger partial charge in [0.15, 0.2) is 11.7 Å². The van der Waals surface area contributed by atoms with Crippen molar-refractivity contribution in [2.24, 2.45) is 0 Å². The maximum absolute atomic E-state index is 14.9. The highest BCUT2D eigenvalue weighted by atomic mass is 32.1. The van der Waals surface area contributed by atoms with E-state index in [0.29, 0.717) is 54.2 Å². The number of cyclic esters (lactones) is 1. The van der Waals surface area contributed by atoms with E-state index in [1.165, 1.54) is 17.9 Å². The fourth-order valence-corrected chi connectivity index (χ4v) is 4.06. The van der Waals surface area contributed by atoms with Crippen molar-refractivity contribution in [3.8, 4) is 0 Å². The first-order valence-electron chi connectivity index (χ1n) is 10.3. The zero-order valence-corrected chi connectivity index (χ0v) is 18.7. The van der Waals surface area contributed by atoms with Crippen LogP contribution in [0.3, 0.4) is 0 Å². The summed E-state index contributed by atoms with van der Waals surface area (Å²) in [5.74, 6) is 0.511. The zero-order chi connectivity index (χ0) is 22.8. The van der Waals surface area contributed by atoms with Crippen LogP contribution in [0.2, 0.25) is 0 Å². The fourth-order valence-electron chi connectivity index (χ4n) is 3.78. The van der Waals surface area contributed by atoms with Crippen LogP contribution in [-0.4, -0.2) is 72.2 Å². The first kappa shape index (κ1) is 22.0. The molecular formula is C21H24FN5O4S. The van der Waals surface area contributed by atoms with Gasteiger partial charge in [0.2, 0.25) is 5.91 Å². The highest BCUT2D eigenvalue weighted by Gasteiger charge is 2.33. The lowest BCUT2D eigenvalue weighted by Crippen LogP contribution is -2.48. The Balaban J connectivity index is 1.37. The molecule has 4 rings (SSSR count). The van der Waals surface area contributed by atoms with Gasteiger partial charge < -0.3 is 24.3 Å². The van der Waals surface area contributed by atoms with Crippen LogP contribution in [0.25, 0.3) is 0 Å². The van der Waals surface area contributed by atoms with Crippen LogP contribution in [0.4, 0.5) is 20.6 Å². The van der Waals surface area contributed by atoms with Gasteiger partial charge in [-0.3, -0.25) is 9.69 Å². The summed E-state index contributed by atoms with van der Waals surface area (Å²) < 4.78 is 25.7. The molecule has 11 heteroatoms. The monoisotopic (exact) mass is 461 g/mol. The van der Waals surface area contributed by atoms with E-state index in [1.54, 1.807) is 25.3 Å². The predicted octanol–water partition coefficient (Wildman–Crippen LogP) is 2.08. The lowest BCUT2D eigenvalue weighted by atomic mass is 10.2. The molecule has 2 aliphatic rings. The number of amides is 2. The number of carbonyl (C=O) groups excluding carboxylic acids is 2. The molecule has 2 aliphatic heterocycles. The quantitative estimate of drug-likeness (QED) is 0.677. The molecule has 1 aromatic carbocycles. The third-order valence-electron chi connectivity index (χ3n) is 5.44. The Labute approximate surface area is 190 Å². The van der Waals surface area contributed by atoms with E-state index in [9.17, 15) is 14.0 Å². The Morgan fingerprint density at radius 2 is 2.06 bits per heavy atom. The lowest BCUT2D eigenvalue weighted by Gasteiger charge is -2.37. The van der Waals surface area contributed by atoms with Gasteiger partial charge in [-0.1, -0.05) is 12.2 Å². The minimum atomic E-state index is -0.558. The normalized spacial score (nSPS) is 18.7. The van der Waals surface area contributed by atoms with Gasteiger partial charge in [-0.05, 0) is 18.2 Å². The first-order valence-corrected chi connectivity index (χ1v) is 10.7. The first-order chi connectivity index (χ1) is 15.3. The second-order valence-corrected chi connectivity index (χ2v) is 8.10. The Morgan fingerprint density at radius 1 is 1.31 bits per heavy atom. The molecule has 1 aromatic heterocycles. The topological polar surface area (TPSA) is 91.2 Å². The maximum Gasteiger partial charge on any atom is 0.414 e. The second-order valence-electron chi connectivity index (χ2n) is 7.71. The van der Waals surface area contributed by atoms with Gasteiger partial charge in [0.1, 0.15) is 16.9 Å². The van der Waals surface area contributed by atoms with Crippen LogP contribution in [0.1, 0.15) is 18.6 Å². The van der Waals surface area contributed by atoms with E-state index >= 15 is 0 Å². The molecule has 3 heterocycles. The molecule has 2 amide bonds. The van der Waals surface area contributed by atoms with E-state index in [-0.39, 0.29) is 19.0 Å². The molecule has 0 radical (unpaired) electrons. The Bertz CT molecular complexity index is 1040. The van der Waals surface area contributed by atoms with Crippen molar-refractivity contribution in [1.29, 1.82) is 0 Å². The molecule has 1 unspecified atom stereocenters. The van der Waals surface area contributed by atoms with E-state index in [1.807, 2.05) is 9.80 Å². The van der Waals surface area contributed by atoms with Crippen molar-refractivity contribution < 1.29 is 23.1 Å². The molecule has 1 atom stereocenters. The van der Waals surface area contributed by atoms with Crippen LogP contribution in [0.15, 0.2) is 28.8 Å². The van der Waals surface area contributed by atoms with Gasteiger partial charge in [0.05, 0.1) is 30.7 Å². The maximum atomic E-state index is 14.9. The summed E-state index contributed by atoms with van der Waals surface area (Å²) in [5, 5.41) is 2.62. The summed E-state index contributed by atoms with van der Waals surface area (Å²) in [6.07, 6.45) is 0.587. The van der Waals surface area contributed by atoms with Crippen LogP contribution >= 0.6 is 12.2 Å². The lowest BCUT2D eigenvalue weighted by molar-refractivity contribution is -0.119. The van der Waals surface area contributed by atoms with Gasteiger partial charge in [-0.25, -0.2) is 14.2 Å². The number of ether oxygens (including phenoxy) is 1. The molecule has 0 spiro atoms. The van der Waals surface area contributed by atoms with Gasteiger partial charge in [-0.2, -0.15) is 0 Å². The zero-order valence-electron chi connectivity index (χ0n) is 17.8. The van der Waals surface area contributed by atoms with Gasteiger partial charge >= 0.3 is 6.09 Å². The summed E-state index contributed by atoms with van der Waals surface area (Å²) in [6.45, 7) is 6.06. The van der Waals surface area contributed by atoms with Crippen molar-refractivity contribution >= 4 is 40.6 Å². The number of rotatable bonds is 5. The van der Waals surface area contributed by atoms with Crippen LogP contribution in [0.5, 0.6) is 0 Å². The fraction of sp³-hybridized carbons (Fsp3) is 0.429. The summed E-state index contributed by atoms with van der Waals surface area (Å²) in [4.78, 5) is 33.3. The highest BCUT2D eigenvalue weighted by Crippen LogP contribution is 2.28. The largest absolute Gasteiger partial charge is 0.442 e. The highest BCUT2D eigenvalue weighted by molar-refractivity contribution is 7.80. The number of nitrogens with one attached hydrogen (secondary N) is 1. The number of hydrogen-bond donors (Lipinski definition) is 1. The molecule has 2 saturated heterocycles. The summed E-state index contributed by atoms with van der Waals surface area (Å²) in [7, 11) is 0. The number of oxazole rings is 1. The smallest absolute Gasteiger partial charge is 0.414 e. The SMILES string of the molecule is CC(=O)NCC1CN(c2ccc(N3CCN(C(=S)c4cnc(C)o4)CC3)c(F)c2)C(=O)O1. The molecule has 0 saturated carbocycles. The van der Waals surface area contributed by atoms with Crippen molar-refractivity contribution in [2.45, 2.75) is 20.0 Å². The van der Waals surface area contributed by atoms with Gasteiger partial charge in [-0.15, -0.1) is 0 Å². The molecule has 2 fully saturated rings. The second kappa shape index (κ2) is 9.11. The summed E-state index contributed by atoms with van der Waals surface area (Å²) >= 11 is 5.49. The molecule has 0 bridgehead atoms. The third kappa shape index (κ3) is 4.67. The van der Waals surface area contributed by atoms with E-state index in [4.69, 9.17) is 21.4 Å². The Morgan fingerprint density at radius 3 is 2.69 bits per heavy atom. The number of carbonyl (C=O) groups is 2. The number of benzene rings is 1. The number of nitrogens with zero attached hydrogens (tertiary/aromatic N) is 4. The van der Waals surface area contributed by atoms with Gasteiger partial charge in [0, 0.05) is 40.0 Å². The number of aromatic nitrogens is 1. The van der Waals surface area contributed by atoms with Crippen molar-refractivity contribution in [3.63, 3.8) is 0 Å². The van der Waals surface area contributed by atoms with Crippen LogP contribution in [0, 0.1) is 12.7 Å². The summed E-state index contributed by atoms with van der Waals surface area (Å²) in [5.41, 5.74) is 0.888. The molecule has 0 aliphatic carbocycles. The average Bonchev–Trinajstić information content (AvgIpc) is 3.37. The Kier molecular flexibility index (Phi) is 6.26. The molecular weight excluding hydrogens is 437 g/mol. The number of thiocarbonyl (C=S) groups is 1.